The predicted octanol–water partition coefficient (Wildman–Crippen LogP) is 1.62. The van der Waals surface area contributed by atoms with E-state index < -0.39 is 0 Å². The standard InChI is InChI=1S/C14H16N4O/c1-17-9-8-16-13(17)10-18(11-5-6-11)14(19)12-4-2-3-7-15-12/h2-4,7-9,11H,5-6,10H2,1H3. The van der Waals surface area contributed by atoms with E-state index in [1.165, 1.54) is 0 Å². The molecular formula is C14H16N4O. The third kappa shape index (κ3) is 2.50. The highest BCUT2D eigenvalue weighted by Crippen LogP contribution is 2.29. The number of hydrogen-bond donors (Lipinski definition) is 0. The summed E-state index contributed by atoms with van der Waals surface area (Å²) in [5, 5.41) is 0. The van der Waals surface area contributed by atoms with Gasteiger partial charge < -0.3 is 9.47 Å². The summed E-state index contributed by atoms with van der Waals surface area (Å²) in [7, 11) is 1.94. The van der Waals surface area contributed by atoms with Crippen molar-refractivity contribution in [3.8, 4) is 0 Å². The highest BCUT2D eigenvalue weighted by molar-refractivity contribution is 5.92. The van der Waals surface area contributed by atoms with Crippen molar-refractivity contribution in [2.75, 3.05) is 0 Å². The highest BCUT2D eigenvalue weighted by atomic mass is 16.2. The molecule has 5 heteroatoms. The van der Waals surface area contributed by atoms with Crippen molar-refractivity contribution in [1.82, 2.24) is 19.4 Å². The van der Waals surface area contributed by atoms with E-state index in [-0.39, 0.29) is 5.91 Å². The van der Waals surface area contributed by atoms with Gasteiger partial charge in [0.2, 0.25) is 0 Å². The lowest BCUT2D eigenvalue weighted by atomic mass is 10.3. The van der Waals surface area contributed by atoms with Gasteiger partial charge in [-0.25, -0.2) is 4.98 Å². The van der Waals surface area contributed by atoms with E-state index in [0.717, 1.165) is 18.7 Å². The monoisotopic (exact) mass is 256 g/mol. The van der Waals surface area contributed by atoms with Gasteiger partial charge in [-0.05, 0) is 25.0 Å². The summed E-state index contributed by atoms with van der Waals surface area (Å²) in [6.07, 6.45) is 7.45. The molecule has 2 aromatic heterocycles. The average Bonchev–Trinajstić information content (AvgIpc) is 3.20. The van der Waals surface area contributed by atoms with Crippen LogP contribution < -0.4 is 0 Å². The Balaban J connectivity index is 1.82. The van der Waals surface area contributed by atoms with Gasteiger partial charge in [0.1, 0.15) is 11.5 Å². The van der Waals surface area contributed by atoms with Gasteiger partial charge in [-0.1, -0.05) is 6.07 Å². The van der Waals surface area contributed by atoms with Crippen molar-refractivity contribution in [2.24, 2.45) is 7.05 Å². The molecule has 2 heterocycles. The number of carbonyl (C=O) groups excluding carboxylic acids is 1. The molecule has 3 rings (SSSR count). The lowest BCUT2D eigenvalue weighted by molar-refractivity contribution is 0.0718. The Kier molecular flexibility index (Phi) is 3.03. The molecule has 0 saturated heterocycles. The van der Waals surface area contributed by atoms with Crippen LogP contribution in [-0.2, 0) is 13.6 Å². The van der Waals surface area contributed by atoms with E-state index in [2.05, 4.69) is 9.97 Å². The Morgan fingerprint density at radius 1 is 1.37 bits per heavy atom. The number of aryl methyl sites for hydroxylation is 1. The Hall–Kier alpha value is -2.17. The molecule has 1 aliphatic carbocycles. The van der Waals surface area contributed by atoms with E-state index in [4.69, 9.17) is 0 Å². The minimum absolute atomic E-state index is 0.00824. The van der Waals surface area contributed by atoms with Crippen LogP contribution in [0.5, 0.6) is 0 Å². The van der Waals surface area contributed by atoms with Gasteiger partial charge in [-0.3, -0.25) is 9.78 Å². The zero-order valence-electron chi connectivity index (χ0n) is 10.9. The van der Waals surface area contributed by atoms with Gasteiger partial charge in [-0.2, -0.15) is 0 Å². The summed E-state index contributed by atoms with van der Waals surface area (Å²) < 4.78 is 1.95. The molecule has 98 valence electrons. The van der Waals surface area contributed by atoms with Crippen LogP contribution in [-0.4, -0.2) is 31.4 Å². The SMILES string of the molecule is Cn1ccnc1CN(C(=O)c1ccccn1)C1CC1. The molecule has 1 aliphatic rings. The zero-order chi connectivity index (χ0) is 13.2. The normalized spacial score (nSPS) is 14.4. The summed E-state index contributed by atoms with van der Waals surface area (Å²) >= 11 is 0. The molecule has 2 aromatic rings. The van der Waals surface area contributed by atoms with Gasteiger partial charge in [0.15, 0.2) is 0 Å². The molecule has 0 bridgehead atoms. The quantitative estimate of drug-likeness (QED) is 0.835. The largest absolute Gasteiger partial charge is 0.337 e. The van der Waals surface area contributed by atoms with Crippen LogP contribution in [0.2, 0.25) is 0 Å². The number of aromatic nitrogens is 3. The number of imidazole rings is 1. The summed E-state index contributed by atoms with van der Waals surface area (Å²) in [5.41, 5.74) is 0.503. The summed E-state index contributed by atoms with van der Waals surface area (Å²) in [5.74, 6) is 0.891. The van der Waals surface area contributed by atoms with Crippen molar-refractivity contribution < 1.29 is 4.79 Å². The van der Waals surface area contributed by atoms with Crippen LogP contribution in [0.4, 0.5) is 0 Å². The molecule has 0 unspecified atom stereocenters. The second-order valence-corrected chi connectivity index (χ2v) is 4.83. The van der Waals surface area contributed by atoms with Crippen LogP contribution in [0.15, 0.2) is 36.8 Å². The topological polar surface area (TPSA) is 51.0 Å². The fourth-order valence-electron chi connectivity index (χ4n) is 2.09. The lowest BCUT2D eigenvalue weighted by Gasteiger charge is -2.21. The molecular weight excluding hydrogens is 240 g/mol. The molecule has 5 nitrogen and oxygen atoms in total. The van der Waals surface area contributed by atoms with Gasteiger partial charge in [0.05, 0.1) is 6.54 Å². The molecule has 1 fully saturated rings. The molecule has 0 spiro atoms. The van der Waals surface area contributed by atoms with E-state index >= 15 is 0 Å². The molecule has 0 aromatic carbocycles. The first-order valence-electron chi connectivity index (χ1n) is 6.44. The molecule has 1 amide bonds. The maximum Gasteiger partial charge on any atom is 0.273 e. The summed E-state index contributed by atoms with van der Waals surface area (Å²) in [6.45, 7) is 0.545. The molecule has 19 heavy (non-hydrogen) atoms. The molecule has 0 atom stereocenters. The van der Waals surface area contributed by atoms with Crippen LogP contribution >= 0.6 is 0 Å². The fraction of sp³-hybridized carbons (Fsp3) is 0.357. The number of rotatable bonds is 4. The van der Waals surface area contributed by atoms with E-state index in [1.807, 2.05) is 34.8 Å². The molecule has 0 aliphatic heterocycles. The van der Waals surface area contributed by atoms with Crippen LogP contribution in [0, 0.1) is 0 Å². The van der Waals surface area contributed by atoms with Crippen LogP contribution in [0.3, 0.4) is 0 Å². The number of amides is 1. The van der Waals surface area contributed by atoms with Crippen LogP contribution in [0.1, 0.15) is 29.2 Å². The summed E-state index contributed by atoms with van der Waals surface area (Å²) in [4.78, 5) is 22.8. The third-order valence-corrected chi connectivity index (χ3v) is 3.37. The van der Waals surface area contributed by atoms with Gasteiger partial charge in [0, 0.05) is 31.7 Å². The highest BCUT2D eigenvalue weighted by Gasteiger charge is 2.34. The zero-order valence-corrected chi connectivity index (χ0v) is 10.9. The number of carbonyl (C=O) groups is 1. The molecule has 0 radical (unpaired) electrons. The lowest BCUT2D eigenvalue weighted by Crippen LogP contribution is -2.34. The Morgan fingerprint density at radius 3 is 2.79 bits per heavy atom. The maximum atomic E-state index is 12.5. The third-order valence-electron chi connectivity index (χ3n) is 3.37. The van der Waals surface area contributed by atoms with Crippen molar-refractivity contribution in [2.45, 2.75) is 25.4 Å². The second kappa shape index (κ2) is 4.84. The first kappa shape index (κ1) is 11.9. The van der Waals surface area contributed by atoms with E-state index in [0.29, 0.717) is 18.3 Å². The van der Waals surface area contributed by atoms with Gasteiger partial charge >= 0.3 is 0 Å². The Labute approximate surface area is 111 Å². The van der Waals surface area contributed by atoms with Gasteiger partial charge in [-0.15, -0.1) is 0 Å². The number of hydrogen-bond acceptors (Lipinski definition) is 3. The first-order chi connectivity index (χ1) is 9.25. The molecule has 1 saturated carbocycles. The molecule has 0 N–H and O–H groups in total. The Bertz CT molecular complexity index is 574. The number of nitrogens with zero attached hydrogens (tertiary/aromatic N) is 4. The van der Waals surface area contributed by atoms with Crippen molar-refractivity contribution >= 4 is 5.91 Å². The number of pyridine rings is 1. The van der Waals surface area contributed by atoms with Crippen molar-refractivity contribution in [3.05, 3.63) is 48.3 Å². The van der Waals surface area contributed by atoms with E-state index in [1.54, 1.807) is 18.5 Å². The predicted molar refractivity (Wildman–Crippen MR) is 70.3 cm³/mol. The van der Waals surface area contributed by atoms with Crippen molar-refractivity contribution in [3.63, 3.8) is 0 Å². The smallest absolute Gasteiger partial charge is 0.273 e. The van der Waals surface area contributed by atoms with Crippen molar-refractivity contribution in [1.29, 1.82) is 0 Å². The minimum atomic E-state index is -0.00824. The minimum Gasteiger partial charge on any atom is -0.337 e. The first-order valence-corrected chi connectivity index (χ1v) is 6.44. The fourth-order valence-corrected chi connectivity index (χ4v) is 2.09. The maximum absolute atomic E-state index is 12.5. The second-order valence-electron chi connectivity index (χ2n) is 4.83. The summed E-state index contributed by atoms with van der Waals surface area (Å²) in [6, 6.07) is 5.75. The Morgan fingerprint density at radius 2 is 2.21 bits per heavy atom. The van der Waals surface area contributed by atoms with E-state index in [9.17, 15) is 4.79 Å². The van der Waals surface area contributed by atoms with Crippen LogP contribution in [0.25, 0.3) is 0 Å². The average molecular weight is 256 g/mol. The van der Waals surface area contributed by atoms with Gasteiger partial charge in [0.25, 0.3) is 5.91 Å².